The van der Waals surface area contributed by atoms with E-state index in [1.165, 1.54) is 0 Å². The maximum atomic E-state index is 12.5. The van der Waals surface area contributed by atoms with Gasteiger partial charge in [-0.15, -0.1) is 0 Å². The standard InChI is InChI=1S/C20H23N3O4/c1-13(2)19(25)21-15-5-7-16(8-6-15)22-20(26)14-10-18(24)23(11-14)12-17-4-3-9-27-17/h3-9,13-14H,10-12H2,1-2H3,(H,21,25)(H,22,26). The molecule has 0 saturated carbocycles. The van der Waals surface area contributed by atoms with Crippen LogP contribution in [0.4, 0.5) is 11.4 Å². The van der Waals surface area contributed by atoms with E-state index < -0.39 is 5.92 Å². The van der Waals surface area contributed by atoms with Crippen LogP contribution in [0.15, 0.2) is 47.1 Å². The molecular weight excluding hydrogens is 346 g/mol. The maximum absolute atomic E-state index is 12.5. The van der Waals surface area contributed by atoms with Crippen LogP contribution in [-0.4, -0.2) is 29.2 Å². The van der Waals surface area contributed by atoms with E-state index in [0.717, 1.165) is 0 Å². The quantitative estimate of drug-likeness (QED) is 0.819. The van der Waals surface area contributed by atoms with Crippen LogP contribution in [0.2, 0.25) is 0 Å². The van der Waals surface area contributed by atoms with Gasteiger partial charge in [0.05, 0.1) is 18.7 Å². The Labute approximate surface area is 157 Å². The highest BCUT2D eigenvalue weighted by atomic mass is 16.3. The second-order valence-electron chi connectivity index (χ2n) is 6.97. The van der Waals surface area contributed by atoms with Crippen LogP contribution in [0.1, 0.15) is 26.0 Å². The third-order valence-corrected chi connectivity index (χ3v) is 4.46. The molecule has 1 atom stereocenters. The SMILES string of the molecule is CC(C)C(=O)Nc1ccc(NC(=O)C2CC(=O)N(Cc3ccco3)C2)cc1. The van der Waals surface area contributed by atoms with Crippen LogP contribution in [0.5, 0.6) is 0 Å². The molecule has 1 aromatic carbocycles. The molecule has 2 heterocycles. The predicted molar refractivity (Wildman–Crippen MR) is 101 cm³/mol. The fraction of sp³-hybridized carbons (Fsp3) is 0.350. The summed E-state index contributed by atoms with van der Waals surface area (Å²) in [5, 5.41) is 5.63. The zero-order valence-electron chi connectivity index (χ0n) is 15.4. The van der Waals surface area contributed by atoms with E-state index in [2.05, 4.69) is 10.6 Å². The number of amides is 3. The molecule has 7 nitrogen and oxygen atoms in total. The van der Waals surface area contributed by atoms with Crippen molar-refractivity contribution in [2.24, 2.45) is 11.8 Å². The fourth-order valence-electron chi connectivity index (χ4n) is 2.86. The van der Waals surface area contributed by atoms with Gasteiger partial charge >= 0.3 is 0 Å². The Morgan fingerprint density at radius 1 is 1.15 bits per heavy atom. The summed E-state index contributed by atoms with van der Waals surface area (Å²) in [5.74, 6) is -0.111. The number of furan rings is 1. The van der Waals surface area contributed by atoms with Crippen LogP contribution in [0.25, 0.3) is 0 Å². The highest BCUT2D eigenvalue weighted by Gasteiger charge is 2.34. The minimum Gasteiger partial charge on any atom is -0.467 e. The number of nitrogens with zero attached hydrogens (tertiary/aromatic N) is 1. The second kappa shape index (κ2) is 8.07. The third-order valence-electron chi connectivity index (χ3n) is 4.46. The lowest BCUT2D eigenvalue weighted by Gasteiger charge is -2.15. The number of anilines is 2. The van der Waals surface area contributed by atoms with Crippen molar-refractivity contribution in [3.8, 4) is 0 Å². The molecular formula is C20H23N3O4. The molecule has 1 unspecified atom stereocenters. The van der Waals surface area contributed by atoms with Crippen LogP contribution in [-0.2, 0) is 20.9 Å². The lowest BCUT2D eigenvalue weighted by molar-refractivity contribution is -0.128. The Morgan fingerprint density at radius 2 is 1.81 bits per heavy atom. The number of carbonyl (C=O) groups excluding carboxylic acids is 3. The van der Waals surface area contributed by atoms with Crippen molar-refractivity contribution in [2.45, 2.75) is 26.8 Å². The van der Waals surface area contributed by atoms with Gasteiger partial charge in [-0.05, 0) is 36.4 Å². The van der Waals surface area contributed by atoms with Gasteiger partial charge in [0.1, 0.15) is 5.76 Å². The maximum Gasteiger partial charge on any atom is 0.229 e. The van der Waals surface area contributed by atoms with Gasteiger partial charge in [0.25, 0.3) is 0 Å². The third kappa shape index (κ3) is 4.75. The topological polar surface area (TPSA) is 91.7 Å². The van der Waals surface area contributed by atoms with Crippen LogP contribution < -0.4 is 10.6 Å². The molecule has 2 N–H and O–H groups in total. The van der Waals surface area contributed by atoms with E-state index in [-0.39, 0.29) is 30.1 Å². The predicted octanol–water partition coefficient (Wildman–Crippen LogP) is 2.86. The Hall–Kier alpha value is -3.09. The normalized spacial score (nSPS) is 16.6. The number of hydrogen-bond donors (Lipinski definition) is 2. The Balaban J connectivity index is 1.54. The molecule has 0 spiro atoms. The smallest absolute Gasteiger partial charge is 0.229 e. The Kier molecular flexibility index (Phi) is 5.59. The molecule has 27 heavy (non-hydrogen) atoms. The Morgan fingerprint density at radius 3 is 2.41 bits per heavy atom. The first-order chi connectivity index (χ1) is 12.9. The molecule has 3 amide bonds. The molecule has 1 saturated heterocycles. The number of benzene rings is 1. The minimum absolute atomic E-state index is 0.0571. The number of hydrogen-bond acceptors (Lipinski definition) is 4. The van der Waals surface area contributed by atoms with E-state index >= 15 is 0 Å². The van der Waals surface area contributed by atoms with E-state index in [9.17, 15) is 14.4 Å². The summed E-state index contributed by atoms with van der Waals surface area (Å²) in [7, 11) is 0. The van der Waals surface area contributed by atoms with Gasteiger partial charge in [-0.2, -0.15) is 0 Å². The lowest BCUT2D eigenvalue weighted by Crippen LogP contribution is -2.27. The van der Waals surface area contributed by atoms with Gasteiger partial charge in [-0.25, -0.2) is 0 Å². The van der Waals surface area contributed by atoms with Crippen molar-refractivity contribution >= 4 is 29.1 Å². The summed E-state index contributed by atoms with van der Waals surface area (Å²) in [4.78, 5) is 37.9. The summed E-state index contributed by atoms with van der Waals surface area (Å²) < 4.78 is 5.26. The van der Waals surface area contributed by atoms with Crippen LogP contribution in [0.3, 0.4) is 0 Å². The molecule has 3 rings (SSSR count). The van der Waals surface area contributed by atoms with Crippen molar-refractivity contribution < 1.29 is 18.8 Å². The minimum atomic E-state index is -0.396. The second-order valence-corrected chi connectivity index (χ2v) is 6.97. The molecule has 0 aliphatic carbocycles. The van der Waals surface area contributed by atoms with Gasteiger partial charge in [-0.1, -0.05) is 13.8 Å². The van der Waals surface area contributed by atoms with Crippen LogP contribution >= 0.6 is 0 Å². The molecule has 1 aliphatic rings. The molecule has 0 radical (unpaired) electrons. The number of likely N-dealkylation sites (tertiary alicyclic amines) is 1. The van der Waals surface area contributed by atoms with E-state index in [0.29, 0.717) is 30.2 Å². The Bertz CT molecular complexity index is 812. The highest BCUT2D eigenvalue weighted by Crippen LogP contribution is 2.22. The first kappa shape index (κ1) is 18.7. The number of rotatable bonds is 6. The largest absolute Gasteiger partial charge is 0.467 e. The van der Waals surface area contributed by atoms with Gasteiger partial charge in [0.15, 0.2) is 0 Å². The number of nitrogens with one attached hydrogen (secondary N) is 2. The lowest BCUT2D eigenvalue weighted by atomic mass is 10.1. The summed E-state index contributed by atoms with van der Waals surface area (Å²) in [6, 6.07) is 10.5. The molecule has 142 valence electrons. The zero-order chi connectivity index (χ0) is 19.4. The van der Waals surface area contributed by atoms with Gasteiger partial charge in [0, 0.05) is 30.3 Å². The van der Waals surface area contributed by atoms with Crippen molar-refractivity contribution in [3.05, 3.63) is 48.4 Å². The summed E-state index contributed by atoms with van der Waals surface area (Å²) in [5.41, 5.74) is 1.30. The van der Waals surface area contributed by atoms with Crippen molar-refractivity contribution in [2.75, 3.05) is 17.2 Å². The van der Waals surface area contributed by atoms with Crippen molar-refractivity contribution in [1.82, 2.24) is 4.90 Å². The fourth-order valence-corrected chi connectivity index (χ4v) is 2.86. The molecule has 0 bridgehead atoms. The average Bonchev–Trinajstić information content (AvgIpc) is 3.27. The van der Waals surface area contributed by atoms with E-state index in [1.54, 1.807) is 47.6 Å². The molecule has 2 aromatic rings. The van der Waals surface area contributed by atoms with E-state index in [1.807, 2.05) is 13.8 Å². The first-order valence-electron chi connectivity index (χ1n) is 8.94. The van der Waals surface area contributed by atoms with Crippen molar-refractivity contribution in [1.29, 1.82) is 0 Å². The van der Waals surface area contributed by atoms with Crippen molar-refractivity contribution in [3.63, 3.8) is 0 Å². The summed E-state index contributed by atoms with van der Waals surface area (Å²) in [6.07, 6.45) is 1.75. The molecule has 1 aromatic heterocycles. The average molecular weight is 369 g/mol. The zero-order valence-corrected chi connectivity index (χ0v) is 15.4. The van der Waals surface area contributed by atoms with Crippen LogP contribution in [0, 0.1) is 11.8 Å². The van der Waals surface area contributed by atoms with Gasteiger partial charge in [0.2, 0.25) is 17.7 Å². The van der Waals surface area contributed by atoms with E-state index in [4.69, 9.17) is 4.42 Å². The molecule has 1 aliphatic heterocycles. The summed E-state index contributed by atoms with van der Waals surface area (Å²) >= 11 is 0. The summed E-state index contributed by atoms with van der Waals surface area (Å²) in [6.45, 7) is 4.39. The monoisotopic (exact) mass is 369 g/mol. The highest BCUT2D eigenvalue weighted by molar-refractivity contribution is 5.97. The van der Waals surface area contributed by atoms with Gasteiger partial charge in [-0.3, -0.25) is 14.4 Å². The molecule has 7 heteroatoms. The first-order valence-corrected chi connectivity index (χ1v) is 8.94. The number of carbonyl (C=O) groups is 3. The van der Waals surface area contributed by atoms with Gasteiger partial charge < -0.3 is 20.0 Å². The molecule has 1 fully saturated rings.